The van der Waals surface area contributed by atoms with Crippen molar-refractivity contribution in [3.63, 3.8) is 0 Å². The molecule has 4 nitrogen and oxygen atoms in total. The van der Waals surface area contributed by atoms with E-state index in [-0.39, 0.29) is 0 Å². The molecule has 0 saturated carbocycles. The molecule has 29 heavy (non-hydrogen) atoms. The second kappa shape index (κ2) is 8.75. The Balaban J connectivity index is 1.82. The minimum atomic E-state index is -3.96. The molecule has 1 heterocycles. The number of rotatable bonds is 3. The normalized spacial score (nSPS) is 27.0. The monoisotopic (exact) mass is 600 g/mol. The standard InChI is InChI=1S/C21H16Br3O4P/c22-16-7-1-4-13(10-16)19-27-20(14-5-2-8-17(23)11-14)29(25,26)21(28-19)15-6-3-9-18(24)12-15/h1-12,19-21H,(H,25,26)/t19?,20-,21+. The van der Waals surface area contributed by atoms with Crippen LogP contribution < -0.4 is 0 Å². The second-order valence-electron chi connectivity index (χ2n) is 6.65. The molecule has 3 aromatic rings. The molecule has 1 N–H and O–H groups in total. The zero-order chi connectivity index (χ0) is 20.6. The quantitative estimate of drug-likeness (QED) is 0.312. The third-order valence-corrected chi connectivity index (χ3v) is 8.23. The maximum absolute atomic E-state index is 13.6. The summed E-state index contributed by atoms with van der Waals surface area (Å²) in [4.78, 5) is 11.2. The van der Waals surface area contributed by atoms with Crippen molar-refractivity contribution in [1.29, 1.82) is 0 Å². The molecule has 1 fully saturated rings. The molecule has 4 atom stereocenters. The molecule has 0 aliphatic carbocycles. The lowest BCUT2D eigenvalue weighted by Gasteiger charge is -2.39. The van der Waals surface area contributed by atoms with E-state index in [1.54, 1.807) is 24.3 Å². The molecular formula is C21H16Br3O4P. The number of halogens is 3. The molecule has 0 spiro atoms. The molecule has 0 radical (unpaired) electrons. The smallest absolute Gasteiger partial charge is 0.265 e. The van der Waals surface area contributed by atoms with Crippen LogP contribution in [-0.4, -0.2) is 4.89 Å². The highest BCUT2D eigenvalue weighted by Gasteiger charge is 2.49. The second-order valence-corrected chi connectivity index (χ2v) is 11.7. The molecule has 8 heteroatoms. The highest BCUT2D eigenvalue weighted by Crippen LogP contribution is 2.71. The van der Waals surface area contributed by atoms with Crippen LogP contribution in [0.15, 0.2) is 86.2 Å². The molecule has 150 valence electrons. The van der Waals surface area contributed by atoms with E-state index in [1.165, 1.54) is 0 Å². The van der Waals surface area contributed by atoms with Gasteiger partial charge in [0.25, 0.3) is 7.37 Å². The predicted molar refractivity (Wildman–Crippen MR) is 123 cm³/mol. The van der Waals surface area contributed by atoms with Crippen molar-refractivity contribution in [3.8, 4) is 0 Å². The summed E-state index contributed by atoms with van der Waals surface area (Å²) in [5.41, 5.74) is 2.00. The van der Waals surface area contributed by atoms with E-state index in [2.05, 4.69) is 47.8 Å². The van der Waals surface area contributed by atoms with Crippen LogP contribution in [0.3, 0.4) is 0 Å². The summed E-state index contributed by atoms with van der Waals surface area (Å²) in [5, 5.41) is 0. The van der Waals surface area contributed by atoms with Gasteiger partial charge in [-0.15, -0.1) is 0 Å². The lowest BCUT2D eigenvalue weighted by atomic mass is 10.2. The molecule has 4 rings (SSSR count). The van der Waals surface area contributed by atoms with Crippen molar-refractivity contribution in [1.82, 2.24) is 0 Å². The lowest BCUT2D eigenvalue weighted by Crippen LogP contribution is -2.25. The minimum Gasteiger partial charge on any atom is -0.340 e. The maximum atomic E-state index is 13.6. The summed E-state index contributed by atoms with van der Waals surface area (Å²) < 4.78 is 28.3. The first-order chi connectivity index (χ1) is 13.8. The average molecular weight is 603 g/mol. The first kappa shape index (κ1) is 21.4. The van der Waals surface area contributed by atoms with E-state index in [0.717, 1.165) is 19.0 Å². The number of ether oxygens (including phenoxy) is 2. The Hall–Kier alpha value is -0.790. The van der Waals surface area contributed by atoms with Crippen LogP contribution in [0.1, 0.15) is 34.7 Å². The molecule has 1 saturated heterocycles. The summed E-state index contributed by atoms with van der Waals surface area (Å²) in [7, 11) is -3.96. The van der Waals surface area contributed by atoms with E-state index < -0.39 is 25.3 Å². The lowest BCUT2D eigenvalue weighted by molar-refractivity contribution is -0.195. The summed E-state index contributed by atoms with van der Waals surface area (Å²) in [6.07, 6.45) is -0.797. The SMILES string of the molecule is O=P1(O)[C@@H](c2cccc(Br)c2)OC(c2cccc(Br)c2)O[C@H]1c1cccc(Br)c1. The van der Waals surface area contributed by atoms with Gasteiger partial charge in [-0.25, -0.2) is 0 Å². The molecule has 2 unspecified atom stereocenters. The van der Waals surface area contributed by atoms with Crippen LogP contribution >= 0.6 is 55.2 Å². The highest BCUT2D eigenvalue weighted by atomic mass is 79.9. The average Bonchev–Trinajstić information content (AvgIpc) is 2.67. The molecule has 1 aliphatic rings. The Morgan fingerprint density at radius 3 is 1.48 bits per heavy atom. The highest BCUT2D eigenvalue weighted by molar-refractivity contribution is 9.11. The first-order valence-corrected chi connectivity index (χ1v) is 12.9. The maximum Gasteiger partial charge on any atom is 0.265 e. The summed E-state index contributed by atoms with van der Waals surface area (Å²) >= 11 is 10.3. The van der Waals surface area contributed by atoms with Crippen molar-refractivity contribution in [2.75, 3.05) is 0 Å². The van der Waals surface area contributed by atoms with Crippen LogP contribution in [0.2, 0.25) is 0 Å². The molecular weight excluding hydrogens is 587 g/mol. The van der Waals surface area contributed by atoms with Crippen molar-refractivity contribution < 1.29 is 18.9 Å². The van der Waals surface area contributed by atoms with E-state index in [0.29, 0.717) is 11.1 Å². The van der Waals surface area contributed by atoms with Gasteiger partial charge in [0.2, 0.25) is 0 Å². The summed E-state index contributed by atoms with van der Waals surface area (Å²) in [5.74, 6) is -2.05. The van der Waals surface area contributed by atoms with E-state index >= 15 is 0 Å². The fraction of sp³-hybridized carbons (Fsp3) is 0.143. The third kappa shape index (κ3) is 4.62. The Labute approximate surface area is 194 Å². The van der Waals surface area contributed by atoms with Gasteiger partial charge in [-0.1, -0.05) is 84.2 Å². The van der Waals surface area contributed by atoms with Gasteiger partial charge in [0, 0.05) is 19.0 Å². The summed E-state index contributed by atoms with van der Waals surface area (Å²) in [6.45, 7) is 0. The Bertz CT molecular complexity index is 1030. The van der Waals surface area contributed by atoms with Gasteiger partial charge < -0.3 is 14.4 Å². The van der Waals surface area contributed by atoms with Crippen molar-refractivity contribution in [2.24, 2.45) is 0 Å². The third-order valence-electron chi connectivity index (χ3n) is 4.57. The Kier molecular flexibility index (Phi) is 6.47. The van der Waals surface area contributed by atoms with Crippen LogP contribution in [0.5, 0.6) is 0 Å². The molecule has 0 aromatic heterocycles. The largest absolute Gasteiger partial charge is 0.340 e. The number of benzene rings is 3. The zero-order valence-electron chi connectivity index (χ0n) is 14.9. The zero-order valence-corrected chi connectivity index (χ0v) is 20.6. The van der Waals surface area contributed by atoms with Gasteiger partial charge in [-0.2, -0.15) is 0 Å². The van der Waals surface area contributed by atoms with Crippen LogP contribution in [0, 0.1) is 0 Å². The van der Waals surface area contributed by atoms with E-state index in [4.69, 9.17) is 9.47 Å². The number of hydrogen-bond acceptors (Lipinski definition) is 3. The van der Waals surface area contributed by atoms with Gasteiger partial charge in [-0.3, -0.25) is 4.57 Å². The van der Waals surface area contributed by atoms with Gasteiger partial charge in [0.15, 0.2) is 18.0 Å². The van der Waals surface area contributed by atoms with Gasteiger partial charge in [0.1, 0.15) is 0 Å². The molecule has 3 aromatic carbocycles. The molecule has 0 bridgehead atoms. The van der Waals surface area contributed by atoms with E-state index in [9.17, 15) is 9.46 Å². The van der Waals surface area contributed by atoms with Gasteiger partial charge >= 0.3 is 0 Å². The predicted octanol–water partition coefficient (Wildman–Crippen LogP) is 7.69. The first-order valence-electron chi connectivity index (χ1n) is 8.74. The van der Waals surface area contributed by atoms with Crippen LogP contribution in [0.4, 0.5) is 0 Å². The Morgan fingerprint density at radius 1 is 0.690 bits per heavy atom. The van der Waals surface area contributed by atoms with Gasteiger partial charge in [-0.05, 0) is 47.5 Å². The van der Waals surface area contributed by atoms with E-state index in [1.807, 2.05) is 48.5 Å². The molecule has 1 aliphatic heterocycles. The van der Waals surface area contributed by atoms with Gasteiger partial charge in [0.05, 0.1) is 0 Å². The van der Waals surface area contributed by atoms with Crippen molar-refractivity contribution in [2.45, 2.75) is 18.0 Å². The molecule has 0 amide bonds. The fourth-order valence-corrected chi connectivity index (χ4v) is 6.52. The Morgan fingerprint density at radius 2 is 1.07 bits per heavy atom. The van der Waals surface area contributed by atoms with Crippen LogP contribution in [0.25, 0.3) is 0 Å². The van der Waals surface area contributed by atoms with Crippen LogP contribution in [-0.2, 0) is 14.0 Å². The van der Waals surface area contributed by atoms with Crippen molar-refractivity contribution >= 4 is 55.2 Å². The fourth-order valence-electron chi connectivity index (χ4n) is 3.28. The minimum absolute atomic E-state index is 0.619. The topological polar surface area (TPSA) is 55.8 Å². The summed E-state index contributed by atoms with van der Waals surface area (Å²) in [6, 6.07) is 22.1. The number of hydrogen-bond donors (Lipinski definition) is 1. The van der Waals surface area contributed by atoms with Crippen molar-refractivity contribution in [3.05, 3.63) is 103 Å².